The first-order chi connectivity index (χ1) is 16.8. The Morgan fingerprint density at radius 2 is 1.75 bits per heavy atom. The van der Waals surface area contributed by atoms with Gasteiger partial charge in [0.25, 0.3) is 17.6 Å². The molecule has 0 atom stereocenters. The molecule has 2 aromatic rings. The van der Waals surface area contributed by atoms with Crippen LogP contribution in [0.3, 0.4) is 0 Å². The molecule has 1 aromatic heterocycles. The number of alkyl halides is 4. The Labute approximate surface area is 204 Å². The van der Waals surface area contributed by atoms with E-state index in [2.05, 4.69) is 5.32 Å². The topological polar surface area (TPSA) is 89.4 Å². The summed E-state index contributed by atoms with van der Waals surface area (Å²) in [5.74, 6) is -4.03. The van der Waals surface area contributed by atoms with Crippen LogP contribution in [0.5, 0.6) is 0 Å². The van der Waals surface area contributed by atoms with E-state index in [0.717, 1.165) is 10.6 Å². The minimum Gasteiger partial charge on any atom is -0.381 e. The van der Waals surface area contributed by atoms with E-state index >= 15 is 0 Å². The van der Waals surface area contributed by atoms with Crippen LogP contribution in [0.1, 0.15) is 50.5 Å². The summed E-state index contributed by atoms with van der Waals surface area (Å²) in [5, 5.41) is 4.40. The van der Waals surface area contributed by atoms with Crippen LogP contribution in [0.2, 0.25) is 0 Å². The number of ketones is 1. The van der Waals surface area contributed by atoms with Crippen molar-refractivity contribution in [2.24, 2.45) is 0 Å². The van der Waals surface area contributed by atoms with Crippen molar-refractivity contribution in [2.75, 3.05) is 25.2 Å². The molecular weight excluding hydrogens is 489 g/mol. The van der Waals surface area contributed by atoms with Crippen molar-refractivity contribution in [3.05, 3.63) is 52.1 Å². The molecule has 0 aliphatic carbocycles. The number of benzene rings is 1. The summed E-state index contributed by atoms with van der Waals surface area (Å²) in [7, 11) is 0. The van der Waals surface area contributed by atoms with E-state index < -0.39 is 61.2 Å². The number of amides is 2. The lowest BCUT2D eigenvalue weighted by molar-refractivity contribution is -0.216. The predicted molar refractivity (Wildman–Crippen MR) is 120 cm³/mol. The molecule has 0 spiro atoms. The monoisotopic (exact) mass is 515 g/mol. The molecule has 2 N–H and O–H groups in total. The van der Waals surface area contributed by atoms with Crippen molar-refractivity contribution in [2.45, 2.75) is 51.9 Å². The summed E-state index contributed by atoms with van der Waals surface area (Å²) < 4.78 is 74.4. The van der Waals surface area contributed by atoms with Gasteiger partial charge in [0.1, 0.15) is 18.0 Å². The molecule has 12 heteroatoms. The maximum atomic E-state index is 13.8. The maximum Gasteiger partial charge on any atom is 0.411 e. The molecule has 0 unspecified atom stereocenters. The van der Waals surface area contributed by atoms with Crippen LogP contribution in [0.4, 0.5) is 27.6 Å². The van der Waals surface area contributed by atoms with Gasteiger partial charge in [0.05, 0.1) is 17.8 Å². The smallest absolute Gasteiger partial charge is 0.381 e. The SMILES string of the molecule is Cc1cc(NC(=O)c2c(C)c(C(=O)C(=O)NC3(C(F)(F)F)CCOCC3)n(CCF)c2C)ccc1F. The largest absolute Gasteiger partial charge is 0.411 e. The second kappa shape index (κ2) is 10.4. The van der Waals surface area contributed by atoms with Crippen LogP contribution in [-0.4, -0.2) is 53.8 Å². The molecule has 0 radical (unpaired) electrons. The van der Waals surface area contributed by atoms with Crippen LogP contribution in [0.25, 0.3) is 0 Å². The normalized spacial score (nSPS) is 15.4. The molecule has 7 nitrogen and oxygen atoms in total. The highest BCUT2D eigenvalue weighted by Gasteiger charge is 2.56. The van der Waals surface area contributed by atoms with Gasteiger partial charge in [0.2, 0.25) is 0 Å². The molecule has 1 aliphatic rings. The number of carbonyl (C=O) groups excluding carboxylic acids is 3. The van der Waals surface area contributed by atoms with Crippen molar-refractivity contribution >= 4 is 23.3 Å². The Morgan fingerprint density at radius 3 is 2.31 bits per heavy atom. The van der Waals surface area contributed by atoms with Gasteiger partial charge in [-0.2, -0.15) is 13.2 Å². The molecule has 3 rings (SSSR count). The number of aromatic nitrogens is 1. The molecule has 1 fully saturated rings. The van der Waals surface area contributed by atoms with E-state index in [1.54, 1.807) is 0 Å². The van der Waals surface area contributed by atoms with Crippen molar-refractivity contribution in [3.8, 4) is 0 Å². The fraction of sp³-hybridized carbons (Fsp3) is 0.458. The first-order valence-electron chi connectivity index (χ1n) is 11.2. The second-order valence-corrected chi connectivity index (χ2v) is 8.67. The minimum absolute atomic E-state index is 0.00506. The third kappa shape index (κ3) is 5.13. The number of aryl methyl sites for hydroxylation is 1. The molecular formula is C24H26F5N3O4. The predicted octanol–water partition coefficient (Wildman–Crippen LogP) is 4.18. The Morgan fingerprint density at radius 1 is 1.11 bits per heavy atom. The summed E-state index contributed by atoms with van der Waals surface area (Å²) in [6.07, 6.45) is -5.97. The zero-order valence-corrected chi connectivity index (χ0v) is 19.9. The van der Waals surface area contributed by atoms with Gasteiger partial charge in [-0.3, -0.25) is 14.4 Å². The van der Waals surface area contributed by atoms with Gasteiger partial charge >= 0.3 is 6.18 Å². The minimum atomic E-state index is -4.84. The summed E-state index contributed by atoms with van der Waals surface area (Å²) >= 11 is 0. The van der Waals surface area contributed by atoms with Crippen LogP contribution in [0.15, 0.2) is 18.2 Å². The second-order valence-electron chi connectivity index (χ2n) is 8.67. The van der Waals surface area contributed by atoms with Crippen LogP contribution >= 0.6 is 0 Å². The Hall–Kier alpha value is -3.28. The molecule has 2 heterocycles. The van der Waals surface area contributed by atoms with Crippen molar-refractivity contribution in [3.63, 3.8) is 0 Å². The Kier molecular flexibility index (Phi) is 7.87. The molecule has 1 saturated heterocycles. The third-order valence-corrected chi connectivity index (χ3v) is 6.38. The molecule has 0 bridgehead atoms. The highest BCUT2D eigenvalue weighted by molar-refractivity contribution is 6.43. The maximum absolute atomic E-state index is 13.8. The molecule has 196 valence electrons. The number of Topliss-reactive ketones (excluding diaryl/α,β-unsaturated/α-hetero) is 1. The number of nitrogens with one attached hydrogen (secondary N) is 2. The zero-order valence-electron chi connectivity index (χ0n) is 19.9. The zero-order chi connectivity index (χ0) is 26.8. The number of hydrogen-bond acceptors (Lipinski definition) is 4. The molecule has 36 heavy (non-hydrogen) atoms. The van der Waals surface area contributed by atoms with Gasteiger partial charge in [-0.15, -0.1) is 0 Å². The van der Waals surface area contributed by atoms with E-state index in [1.165, 1.54) is 32.9 Å². The summed E-state index contributed by atoms with van der Waals surface area (Å²) in [4.78, 5) is 38.9. The van der Waals surface area contributed by atoms with Gasteiger partial charge < -0.3 is 19.9 Å². The highest BCUT2D eigenvalue weighted by atomic mass is 19.4. The fourth-order valence-electron chi connectivity index (χ4n) is 4.38. The number of rotatable bonds is 7. The Balaban J connectivity index is 1.96. The van der Waals surface area contributed by atoms with E-state index in [4.69, 9.17) is 4.74 Å². The number of ether oxygens (including phenoxy) is 1. The van der Waals surface area contributed by atoms with E-state index in [-0.39, 0.29) is 47.0 Å². The van der Waals surface area contributed by atoms with E-state index in [0.29, 0.717) is 0 Å². The number of halogens is 5. The first-order valence-corrected chi connectivity index (χ1v) is 11.2. The molecule has 0 saturated carbocycles. The van der Waals surface area contributed by atoms with Crippen LogP contribution in [-0.2, 0) is 16.1 Å². The number of anilines is 1. The summed E-state index contributed by atoms with van der Waals surface area (Å²) in [6.45, 7) is 2.41. The molecule has 2 amide bonds. The van der Waals surface area contributed by atoms with E-state index in [1.807, 2.05) is 5.32 Å². The van der Waals surface area contributed by atoms with Gasteiger partial charge in [0.15, 0.2) is 0 Å². The molecule has 1 aromatic carbocycles. The first kappa shape index (κ1) is 27.3. The number of nitrogens with zero attached hydrogens (tertiary/aromatic N) is 1. The average molecular weight is 515 g/mol. The quantitative estimate of drug-likeness (QED) is 0.329. The van der Waals surface area contributed by atoms with E-state index in [9.17, 15) is 36.3 Å². The van der Waals surface area contributed by atoms with Crippen LogP contribution < -0.4 is 10.6 Å². The summed E-state index contributed by atoms with van der Waals surface area (Å²) in [5.41, 5.74) is -2.38. The van der Waals surface area contributed by atoms with Gasteiger partial charge in [0, 0.05) is 37.4 Å². The lowest BCUT2D eigenvalue weighted by atomic mass is 9.89. The molecule has 1 aliphatic heterocycles. The van der Waals surface area contributed by atoms with Crippen LogP contribution in [0, 0.1) is 26.6 Å². The number of carbonyl (C=O) groups is 3. The lowest BCUT2D eigenvalue weighted by Gasteiger charge is -2.39. The van der Waals surface area contributed by atoms with Gasteiger partial charge in [-0.05, 0) is 50.1 Å². The lowest BCUT2D eigenvalue weighted by Crippen LogP contribution is -2.62. The fourth-order valence-corrected chi connectivity index (χ4v) is 4.38. The highest BCUT2D eigenvalue weighted by Crippen LogP contribution is 2.38. The van der Waals surface area contributed by atoms with Gasteiger partial charge in [-0.1, -0.05) is 0 Å². The van der Waals surface area contributed by atoms with Crippen molar-refractivity contribution in [1.82, 2.24) is 9.88 Å². The van der Waals surface area contributed by atoms with Gasteiger partial charge in [-0.25, -0.2) is 8.78 Å². The standard InChI is InChI=1S/C24H26F5N3O4/c1-13-12-16(4-5-17(13)26)30-21(34)18-14(2)19(32(9-8-25)15(18)3)20(33)22(35)31-23(24(27,28)29)6-10-36-11-7-23/h4-5,12H,6-11H2,1-3H3,(H,30,34)(H,31,35). The third-order valence-electron chi connectivity index (χ3n) is 6.38. The van der Waals surface area contributed by atoms with Crippen molar-refractivity contribution in [1.29, 1.82) is 0 Å². The summed E-state index contributed by atoms with van der Waals surface area (Å²) in [6, 6.07) is 3.87. The number of hydrogen-bond donors (Lipinski definition) is 2. The van der Waals surface area contributed by atoms with Crippen molar-refractivity contribution < 1.29 is 41.1 Å². The Bertz CT molecular complexity index is 1180. The average Bonchev–Trinajstić information content (AvgIpc) is 3.05.